The van der Waals surface area contributed by atoms with E-state index < -0.39 is 7.29 Å². The average molecular weight is 386 g/mol. The molecule has 0 fully saturated rings. The molecular weight excluding hydrogens is 363 g/mol. The van der Waals surface area contributed by atoms with Crippen LogP contribution in [0.1, 0.15) is 24.9 Å². The fourth-order valence-corrected chi connectivity index (χ4v) is 6.02. The Morgan fingerprint density at radius 3 is 2.04 bits per heavy atom. The van der Waals surface area contributed by atoms with Crippen molar-refractivity contribution in [3.05, 3.63) is 103 Å². The molecule has 1 atom stereocenters. The molecule has 3 nitrogen and oxygen atoms in total. The lowest BCUT2D eigenvalue weighted by molar-refractivity contribution is 0.555. The van der Waals surface area contributed by atoms with Gasteiger partial charge in [-0.2, -0.15) is 0 Å². The van der Waals surface area contributed by atoms with Crippen molar-refractivity contribution < 1.29 is 4.57 Å². The fourth-order valence-electron chi connectivity index (χ4n) is 3.47. The highest BCUT2D eigenvalue weighted by atomic mass is 31.2. The van der Waals surface area contributed by atoms with Gasteiger partial charge in [0, 0.05) is 28.2 Å². The van der Waals surface area contributed by atoms with E-state index in [1.165, 1.54) is 0 Å². The monoisotopic (exact) mass is 386 g/mol. The topological polar surface area (TPSA) is 42.0 Å². The average Bonchev–Trinajstić information content (AvgIpc) is 2.78. The first-order valence-electron chi connectivity index (χ1n) is 9.54. The number of fused-ring (bicyclic) bond motifs is 1. The van der Waals surface area contributed by atoms with Gasteiger partial charge in [-0.05, 0) is 48.4 Å². The number of nitrogens with zero attached hydrogens (tertiary/aromatic N) is 1. The van der Waals surface area contributed by atoms with Gasteiger partial charge in [0.2, 0.25) is 7.29 Å². The van der Waals surface area contributed by atoms with Gasteiger partial charge in [-0.1, -0.05) is 61.5 Å². The second-order valence-electron chi connectivity index (χ2n) is 6.83. The van der Waals surface area contributed by atoms with Gasteiger partial charge in [-0.15, -0.1) is 0 Å². The summed E-state index contributed by atoms with van der Waals surface area (Å²) in [5.74, 6) is 0. The third-order valence-corrected chi connectivity index (χ3v) is 7.73. The second kappa shape index (κ2) is 8.10. The SMILES string of the molecule is CC[C@@H](NP(=O)(c1ccccc1)c1ccccc1)c1cnc2ccccc2c1. The molecule has 0 saturated heterocycles. The quantitative estimate of drug-likeness (QED) is 0.463. The molecule has 1 aromatic heterocycles. The Balaban J connectivity index is 1.77. The lowest BCUT2D eigenvalue weighted by Crippen LogP contribution is -2.30. The van der Waals surface area contributed by atoms with Gasteiger partial charge in [-0.3, -0.25) is 14.6 Å². The van der Waals surface area contributed by atoms with Crippen LogP contribution in [0.3, 0.4) is 0 Å². The lowest BCUT2D eigenvalue weighted by Gasteiger charge is -2.26. The van der Waals surface area contributed by atoms with E-state index in [4.69, 9.17) is 0 Å². The molecule has 4 rings (SSSR count). The summed E-state index contributed by atoms with van der Waals surface area (Å²) in [5, 5.41) is 6.23. The maximum atomic E-state index is 14.3. The van der Waals surface area contributed by atoms with Gasteiger partial charge in [0.1, 0.15) is 0 Å². The van der Waals surface area contributed by atoms with Crippen LogP contribution in [0.4, 0.5) is 0 Å². The third-order valence-electron chi connectivity index (χ3n) is 5.00. The van der Waals surface area contributed by atoms with Crippen LogP contribution in [0, 0.1) is 0 Å². The van der Waals surface area contributed by atoms with E-state index in [1.54, 1.807) is 0 Å². The highest BCUT2D eigenvalue weighted by Gasteiger charge is 2.30. The molecular formula is C24H23N2OP. The minimum absolute atomic E-state index is 0.0663. The minimum Gasteiger partial charge on any atom is -0.297 e. The van der Waals surface area contributed by atoms with E-state index in [2.05, 4.69) is 29.1 Å². The van der Waals surface area contributed by atoms with Crippen molar-refractivity contribution in [2.75, 3.05) is 0 Å². The Kier molecular flexibility index (Phi) is 5.38. The molecule has 0 radical (unpaired) electrons. The normalized spacial score (nSPS) is 12.8. The molecule has 0 aliphatic rings. The molecule has 0 aliphatic heterocycles. The molecule has 1 heterocycles. The largest absolute Gasteiger partial charge is 0.297 e. The maximum absolute atomic E-state index is 14.3. The van der Waals surface area contributed by atoms with Crippen molar-refractivity contribution in [3.63, 3.8) is 0 Å². The molecule has 4 heteroatoms. The molecule has 4 aromatic rings. The molecule has 0 saturated carbocycles. The maximum Gasteiger partial charge on any atom is 0.205 e. The molecule has 1 N–H and O–H groups in total. The zero-order valence-electron chi connectivity index (χ0n) is 15.8. The number of aromatic nitrogens is 1. The first-order chi connectivity index (χ1) is 13.7. The van der Waals surface area contributed by atoms with E-state index >= 15 is 0 Å². The zero-order chi connectivity index (χ0) is 19.4. The summed E-state index contributed by atoms with van der Waals surface area (Å²) in [6.07, 6.45) is 2.70. The highest BCUT2D eigenvalue weighted by Crippen LogP contribution is 2.42. The number of hydrogen-bond donors (Lipinski definition) is 1. The second-order valence-corrected chi connectivity index (χ2v) is 9.34. The molecule has 0 aliphatic carbocycles. The molecule has 0 unspecified atom stereocenters. The standard InChI is InChI=1S/C24H23N2OP/c1-2-23(20-17-19-11-9-10-16-24(19)25-18-20)26-28(27,21-12-5-3-6-13-21)22-14-7-4-8-15-22/h3-18,23H,2H2,1H3,(H,26,27)/t23-/m1/s1. The predicted molar refractivity (Wildman–Crippen MR) is 118 cm³/mol. The van der Waals surface area contributed by atoms with Crippen molar-refractivity contribution in [1.82, 2.24) is 10.1 Å². The first-order valence-corrected chi connectivity index (χ1v) is 11.2. The number of hydrogen-bond acceptors (Lipinski definition) is 2. The Hall–Kier alpha value is -2.74. The van der Waals surface area contributed by atoms with Crippen LogP contribution < -0.4 is 15.7 Å². The van der Waals surface area contributed by atoms with Crippen LogP contribution in [-0.4, -0.2) is 4.98 Å². The summed E-state index contributed by atoms with van der Waals surface area (Å²) >= 11 is 0. The van der Waals surface area contributed by atoms with Crippen LogP contribution in [0.5, 0.6) is 0 Å². The van der Waals surface area contributed by atoms with Crippen molar-refractivity contribution in [2.24, 2.45) is 0 Å². The summed E-state index contributed by atoms with van der Waals surface area (Å²) in [6.45, 7) is 2.10. The smallest absolute Gasteiger partial charge is 0.205 e. The Bertz CT molecular complexity index is 1070. The molecule has 0 spiro atoms. The minimum atomic E-state index is -3.00. The van der Waals surface area contributed by atoms with Crippen LogP contribution >= 0.6 is 7.29 Å². The fraction of sp³-hybridized carbons (Fsp3) is 0.125. The Labute approximate surface area is 165 Å². The van der Waals surface area contributed by atoms with E-state index in [1.807, 2.05) is 85.1 Å². The Morgan fingerprint density at radius 1 is 0.857 bits per heavy atom. The van der Waals surface area contributed by atoms with Gasteiger partial charge >= 0.3 is 0 Å². The summed E-state index contributed by atoms with van der Waals surface area (Å²) < 4.78 is 14.3. The van der Waals surface area contributed by atoms with Crippen LogP contribution in [0.25, 0.3) is 10.9 Å². The van der Waals surface area contributed by atoms with Gasteiger partial charge in [0.05, 0.1) is 5.52 Å². The van der Waals surface area contributed by atoms with E-state index in [0.29, 0.717) is 0 Å². The summed E-state index contributed by atoms with van der Waals surface area (Å²) in [4.78, 5) is 4.60. The molecule has 28 heavy (non-hydrogen) atoms. The Morgan fingerprint density at radius 2 is 1.43 bits per heavy atom. The highest BCUT2D eigenvalue weighted by molar-refractivity contribution is 7.76. The van der Waals surface area contributed by atoms with Crippen molar-refractivity contribution in [3.8, 4) is 0 Å². The number of para-hydroxylation sites is 1. The predicted octanol–water partition coefficient (Wildman–Crippen LogP) is 5.20. The van der Waals surface area contributed by atoms with Crippen LogP contribution in [-0.2, 0) is 4.57 Å². The number of pyridine rings is 1. The van der Waals surface area contributed by atoms with Gasteiger partial charge in [-0.25, -0.2) is 0 Å². The van der Waals surface area contributed by atoms with Gasteiger partial charge in [0.15, 0.2) is 0 Å². The van der Waals surface area contributed by atoms with E-state index in [-0.39, 0.29) is 6.04 Å². The van der Waals surface area contributed by atoms with Crippen molar-refractivity contribution >= 4 is 28.8 Å². The number of benzene rings is 3. The van der Waals surface area contributed by atoms with Crippen LogP contribution in [0.2, 0.25) is 0 Å². The first kappa shape index (κ1) is 18.6. The van der Waals surface area contributed by atoms with E-state index in [0.717, 1.165) is 33.5 Å². The van der Waals surface area contributed by atoms with E-state index in [9.17, 15) is 4.57 Å². The van der Waals surface area contributed by atoms with Crippen molar-refractivity contribution in [1.29, 1.82) is 0 Å². The third kappa shape index (κ3) is 3.64. The molecule has 0 amide bonds. The number of rotatable bonds is 6. The number of nitrogens with one attached hydrogen (secondary N) is 1. The van der Waals surface area contributed by atoms with Crippen molar-refractivity contribution in [2.45, 2.75) is 19.4 Å². The molecule has 0 bridgehead atoms. The summed E-state index contributed by atoms with van der Waals surface area (Å²) in [7, 11) is -3.00. The molecule has 3 aromatic carbocycles. The zero-order valence-corrected chi connectivity index (χ0v) is 16.7. The summed E-state index contributed by atoms with van der Waals surface area (Å²) in [6, 6.07) is 29.5. The van der Waals surface area contributed by atoms with Crippen LogP contribution in [0.15, 0.2) is 97.2 Å². The molecule has 140 valence electrons. The van der Waals surface area contributed by atoms with Gasteiger partial charge < -0.3 is 0 Å². The lowest BCUT2D eigenvalue weighted by atomic mass is 10.1. The van der Waals surface area contributed by atoms with Gasteiger partial charge in [0.25, 0.3) is 0 Å². The summed E-state index contributed by atoms with van der Waals surface area (Å²) in [5.41, 5.74) is 2.02.